The molecule has 0 aromatic heterocycles. The monoisotopic (exact) mass is 160 g/mol. The van der Waals surface area contributed by atoms with E-state index in [9.17, 15) is 4.39 Å². The SMILES string of the molecule is CNC1CCN(C)CC(F)C1. The minimum atomic E-state index is -0.653. The molecule has 3 heteroatoms. The smallest absolute Gasteiger partial charge is 0.114 e. The first-order valence-corrected chi connectivity index (χ1v) is 4.22. The van der Waals surface area contributed by atoms with E-state index in [0.29, 0.717) is 19.0 Å². The van der Waals surface area contributed by atoms with Crippen LogP contribution in [0.4, 0.5) is 4.39 Å². The standard InChI is InChI=1S/C8H17FN2/c1-10-8-3-4-11(2)6-7(9)5-8/h7-8,10H,3-6H2,1-2H3. The van der Waals surface area contributed by atoms with E-state index in [4.69, 9.17) is 0 Å². The van der Waals surface area contributed by atoms with E-state index in [1.54, 1.807) is 0 Å². The normalized spacial score (nSPS) is 35.2. The number of hydrogen-bond donors (Lipinski definition) is 1. The summed E-state index contributed by atoms with van der Waals surface area (Å²) in [6.07, 6.45) is 1.08. The fourth-order valence-electron chi connectivity index (χ4n) is 1.57. The second-order valence-electron chi connectivity index (χ2n) is 3.37. The molecule has 0 spiro atoms. The molecule has 2 atom stereocenters. The number of nitrogens with one attached hydrogen (secondary N) is 1. The highest BCUT2D eigenvalue weighted by atomic mass is 19.1. The van der Waals surface area contributed by atoms with E-state index < -0.39 is 6.17 Å². The highest BCUT2D eigenvalue weighted by molar-refractivity contribution is 4.77. The highest BCUT2D eigenvalue weighted by Crippen LogP contribution is 2.12. The van der Waals surface area contributed by atoms with E-state index in [0.717, 1.165) is 13.0 Å². The van der Waals surface area contributed by atoms with Crippen LogP contribution in [0.2, 0.25) is 0 Å². The van der Waals surface area contributed by atoms with Gasteiger partial charge in [0.25, 0.3) is 0 Å². The molecule has 1 aliphatic heterocycles. The number of alkyl halides is 1. The van der Waals surface area contributed by atoms with Crippen molar-refractivity contribution in [2.45, 2.75) is 25.1 Å². The van der Waals surface area contributed by atoms with Gasteiger partial charge in [0.2, 0.25) is 0 Å². The van der Waals surface area contributed by atoms with Crippen LogP contribution in [0.1, 0.15) is 12.8 Å². The van der Waals surface area contributed by atoms with Crippen LogP contribution in [0, 0.1) is 0 Å². The number of nitrogens with zero attached hydrogens (tertiary/aromatic N) is 1. The average molecular weight is 160 g/mol. The quantitative estimate of drug-likeness (QED) is 0.605. The third kappa shape index (κ3) is 2.75. The zero-order valence-electron chi connectivity index (χ0n) is 7.31. The van der Waals surface area contributed by atoms with Crippen molar-refractivity contribution in [3.8, 4) is 0 Å². The summed E-state index contributed by atoms with van der Waals surface area (Å²) >= 11 is 0. The fourth-order valence-corrected chi connectivity index (χ4v) is 1.57. The van der Waals surface area contributed by atoms with Crippen molar-refractivity contribution >= 4 is 0 Å². The lowest BCUT2D eigenvalue weighted by molar-refractivity contribution is 0.233. The van der Waals surface area contributed by atoms with Crippen LogP contribution in [0.5, 0.6) is 0 Å². The van der Waals surface area contributed by atoms with Crippen molar-refractivity contribution < 1.29 is 4.39 Å². The Balaban J connectivity index is 2.39. The van der Waals surface area contributed by atoms with Crippen LogP contribution in [0.15, 0.2) is 0 Å². The van der Waals surface area contributed by atoms with Gasteiger partial charge in [0, 0.05) is 12.6 Å². The highest BCUT2D eigenvalue weighted by Gasteiger charge is 2.20. The van der Waals surface area contributed by atoms with E-state index in [2.05, 4.69) is 10.2 Å². The van der Waals surface area contributed by atoms with Crippen molar-refractivity contribution in [2.75, 3.05) is 27.2 Å². The Bertz CT molecular complexity index is 119. The maximum absolute atomic E-state index is 13.0. The largest absolute Gasteiger partial charge is 0.317 e. The summed E-state index contributed by atoms with van der Waals surface area (Å²) in [4.78, 5) is 2.06. The van der Waals surface area contributed by atoms with Gasteiger partial charge >= 0.3 is 0 Å². The molecule has 0 aromatic carbocycles. The first-order chi connectivity index (χ1) is 5.22. The summed E-state index contributed by atoms with van der Waals surface area (Å²) in [6.45, 7) is 1.60. The molecule has 0 radical (unpaired) electrons. The van der Waals surface area contributed by atoms with Crippen LogP contribution >= 0.6 is 0 Å². The summed E-state index contributed by atoms with van der Waals surface area (Å²) in [5.74, 6) is 0. The molecule has 0 aliphatic carbocycles. The molecule has 0 bridgehead atoms. The minimum Gasteiger partial charge on any atom is -0.317 e. The molecule has 66 valence electrons. The van der Waals surface area contributed by atoms with Gasteiger partial charge < -0.3 is 10.2 Å². The second-order valence-corrected chi connectivity index (χ2v) is 3.37. The minimum absolute atomic E-state index is 0.370. The van der Waals surface area contributed by atoms with Gasteiger partial charge in [-0.2, -0.15) is 0 Å². The zero-order chi connectivity index (χ0) is 8.27. The first kappa shape index (κ1) is 8.94. The molecule has 1 saturated heterocycles. The van der Waals surface area contributed by atoms with Crippen LogP contribution in [-0.4, -0.2) is 44.3 Å². The van der Waals surface area contributed by atoms with E-state index in [1.807, 2.05) is 14.1 Å². The van der Waals surface area contributed by atoms with Gasteiger partial charge in [-0.3, -0.25) is 0 Å². The van der Waals surface area contributed by atoms with Gasteiger partial charge in [-0.1, -0.05) is 0 Å². The van der Waals surface area contributed by atoms with Crippen LogP contribution < -0.4 is 5.32 Å². The molecule has 0 amide bonds. The maximum Gasteiger partial charge on any atom is 0.114 e. The van der Waals surface area contributed by atoms with Crippen LogP contribution in [0.3, 0.4) is 0 Å². The third-order valence-electron chi connectivity index (χ3n) is 2.32. The summed E-state index contributed by atoms with van der Waals surface area (Å²) in [5, 5.41) is 3.13. The van der Waals surface area contributed by atoms with Crippen molar-refractivity contribution in [1.82, 2.24) is 10.2 Å². The van der Waals surface area contributed by atoms with Gasteiger partial charge in [-0.15, -0.1) is 0 Å². The molecular formula is C8H17FN2. The Kier molecular flexibility index (Phi) is 3.27. The molecular weight excluding hydrogens is 143 g/mol. The number of hydrogen-bond acceptors (Lipinski definition) is 2. The molecule has 0 saturated carbocycles. The van der Waals surface area contributed by atoms with Gasteiger partial charge in [0.15, 0.2) is 0 Å². The number of likely N-dealkylation sites (tertiary alicyclic amines) is 1. The van der Waals surface area contributed by atoms with Gasteiger partial charge in [-0.05, 0) is 33.5 Å². The van der Waals surface area contributed by atoms with Crippen molar-refractivity contribution in [2.24, 2.45) is 0 Å². The molecule has 1 rings (SSSR count). The summed E-state index contributed by atoms with van der Waals surface area (Å²) in [6, 6.07) is 0.370. The summed E-state index contributed by atoms with van der Waals surface area (Å²) in [7, 11) is 3.88. The van der Waals surface area contributed by atoms with E-state index >= 15 is 0 Å². The first-order valence-electron chi connectivity index (χ1n) is 4.22. The Morgan fingerprint density at radius 3 is 2.91 bits per heavy atom. The topological polar surface area (TPSA) is 15.3 Å². The molecule has 1 heterocycles. The van der Waals surface area contributed by atoms with Crippen LogP contribution in [-0.2, 0) is 0 Å². The molecule has 11 heavy (non-hydrogen) atoms. The lowest BCUT2D eigenvalue weighted by Gasteiger charge is -2.13. The molecule has 0 aromatic rings. The van der Waals surface area contributed by atoms with Crippen molar-refractivity contribution in [3.63, 3.8) is 0 Å². The summed E-state index contributed by atoms with van der Waals surface area (Å²) < 4.78 is 13.0. The van der Waals surface area contributed by atoms with E-state index in [-0.39, 0.29) is 0 Å². The predicted octanol–water partition coefficient (Wildman–Crippen LogP) is 0.638. The molecule has 1 aliphatic rings. The van der Waals surface area contributed by atoms with Gasteiger partial charge in [0.1, 0.15) is 6.17 Å². The average Bonchev–Trinajstić information content (AvgIpc) is 2.11. The Labute approximate surface area is 67.8 Å². The predicted molar refractivity (Wildman–Crippen MR) is 44.5 cm³/mol. The third-order valence-corrected chi connectivity index (χ3v) is 2.32. The molecule has 2 unspecified atom stereocenters. The Morgan fingerprint density at radius 2 is 2.27 bits per heavy atom. The Hall–Kier alpha value is -0.150. The second kappa shape index (κ2) is 4.02. The van der Waals surface area contributed by atoms with Gasteiger partial charge in [-0.25, -0.2) is 4.39 Å². The van der Waals surface area contributed by atoms with Crippen molar-refractivity contribution in [1.29, 1.82) is 0 Å². The van der Waals surface area contributed by atoms with E-state index in [1.165, 1.54) is 0 Å². The summed E-state index contributed by atoms with van der Waals surface area (Å²) in [5.41, 5.74) is 0. The molecule has 1 fully saturated rings. The Morgan fingerprint density at radius 1 is 1.55 bits per heavy atom. The van der Waals surface area contributed by atoms with Crippen LogP contribution in [0.25, 0.3) is 0 Å². The maximum atomic E-state index is 13.0. The van der Waals surface area contributed by atoms with Crippen molar-refractivity contribution in [3.05, 3.63) is 0 Å². The number of rotatable bonds is 1. The number of halogens is 1. The lowest BCUT2D eigenvalue weighted by Crippen LogP contribution is -2.27. The fraction of sp³-hybridized carbons (Fsp3) is 1.00. The van der Waals surface area contributed by atoms with Gasteiger partial charge in [0.05, 0.1) is 0 Å². The lowest BCUT2D eigenvalue weighted by atomic mass is 10.1. The molecule has 2 nitrogen and oxygen atoms in total. The molecule has 1 N–H and O–H groups in total. The zero-order valence-corrected chi connectivity index (χ0v) is 7.31.